The summed E-state index contributed by atoms with van der Waals surface area (Å²) in [6, 6.07) is 13.3. The number of quaternary nitrogens is 1. The quantitative estimate of drug-likeness (QED) is 0.702. The van der Waals surface area contributed by atoms with Gasteiger partial charge in [0.2, 0.25) is 10.0 Å². The summed E-state index contributed by atoms with van der Waals surface area (Å²) in [7, 11) is -1.92. The summed E-state index contributed by atoms with van der Waals surface area (Å²) >= 11 is 1.51. The van der Waals surface area contributed by atoms with Gasteiger partial charge in [-0.05, 0) is 36.4 Å². The standard InChI is InChI=1S/C19H23FN2O3S2/c1-25-16-6-8-17(9-7-16)27(23,24)22-12-10-21(11-13-22)14-15-26-19-5-3-2-4-18(19)20/h2-9H,10-15H2,1H3/p+1. The van der Waals surface area contributed by atoms with E-state index in [1.165, 1.54) is 22.7 Å². The van der Waals surface area contributed by atoms with Crippen molar-refractivity contribution in [3.63, 3.8) is 0 Å². The van der Waals surface area contributed by atoms with Gasteiger partial charge in [-0.15, -0.1) is 11.8 Å². The molecule has 0 unspecified atom stereocenters. The number of hydrogen-bond acceptors (Lipinski definition) is 4. The fourth-order valence-corrected chi connectivity index (χ4v) is 5.49. The third kappa shape index (κ3) is 5.01. The van der Waals surface area contributed by atoms with Crippen molar-refractivity contribution >= 4 is 21.8 Å². The maximum absolute atomic E-state index is 13.6. The number of piperazine rings is 1. The van der Waals surface area contributed by atoms with E-state index >= 15 is 0 Å². The number of methoxy groups -OCH3 is 1. The molecule has 5 nitrogen and oxygen atoms in total. The Balaban J connectivity index is 1.50. The van der Waals surface area contributed by atoms with Gasteiger partial charge in [0.25, 0.3) is 0 Å². The first-order valence-electron chi connectivity index (χ1n) is 8.86. The fraction of sp³-hybridized carbons (Fsp3) is 0.368. The topological polar surface area (TPSA) is 51.1 Å². The molecule has 1 saturated heterocycles. The lowest BCUT2D eigenvalue weighted by molar-refractivity contribution is -0.901. The Kier molecular flexibility index (Phi) is 6.75. The van der Waals surface area contributed by atoms with Crippen LogP contribution in [0, 0.1) is 5.82 Å². The van der Waals surface area contributed by atoms with Gasteiger partial charge in [-0.2, -0.15) is 4.31 Å². The second-order valence-electron chi connectivity index (χ2n) is 6.36. The lowest BCUT2D eigenvalue weighted by atomic mass is 10.3. The lowest BCUT2D eigenvalue weighted by Crippen LogP contribution is -3.15. The molecule has 0 saturated carbocycles. The van der Waals surface area contributed by atoms with E-state index < -0.39 is 10.0 Å². The van der Waals surface area contributed by atoms with E-state index in [1.54, 1.807) is 47.8 Å². The van der Waals surface area contributed by atoms with Crippen LogP contribution in [0.15, 0.2) is 58.3 Å². The predicted molar refractivity (Wildman–Crippen MR) is 104 cm³/mol. The van der Waals surface area contributed by atoms with E-state index in [2.05, 4.69) is 0 Å². The van der Waals surface area contributed by atoms with E-state index in [1.807, 2.05) is 6.07 Å². The van der Waals surface area contributed by atoms with Crippen molar-refractivity contribution < 1.29 is 22.4 Å². The molecule has 1 aliphatic rings. The summed E-state index contributed by atoms with van der Waals surface area (Å²) in [6.07, 6.45) is 0. The van der Waals surface area contributed by atoms with E-state index in [-0.39, 0.29) is 5.82 Å². The molecular weight excluding hydrogens is 387 g/mol. The van der Waals surface area contributed by atoms with Crippen LogP contribution in [0.25, 0.3) is 0 Å². The van der Waals surface area contributed by atoms with E-state index in [9.17, 15) is 12.8 Å². The molecule has 1 fully saturated rings. The number of benzene rings is 2. The molecule has 2 aromatic carbocycles. The summed E-state index contributed by atoms with van der Waals surface area (Å²) in [4.78, 5) is 2.31. The van der Waals surface area contributed by atoms with E-state index in [4.69, 9.17) is 4.74 Å². The Morgan fingerprint density at radius 3 is 2.41 bits per heavy atom. The summed E-state index contributed by atoms with van der Waals surface area (Å²) in [6.45, 7) is 3.39. The zero-order chi connectivity index (χ0) is 19.3. The SMILES string of the molecule is COc1ccc(S(=O)(=O)N2CC[NH+](CCSc3ccccc3F)CC2)cc1. The number of thioether (sulfide) groups is 1. The summed E-state index contributed by atoms with van der Waals surface area (Å²) in [5, 5.41) is 0. The van der Waals surface area contributed by atoms with Crippen molar-refractivity contribution in [3.05, 3.63) is 54.3 Å². The largest absolute Gasteiger partial charge is 0.497 e. The maximum atomic E-state index is 13.6. The van der Waals surface area contributed by atoms with Crippen LogP contribution in [0.1, 0.15) is 0 Å². The van der Waals surface area contributed by atoms with Crippen molar-refractivity contribution in [2.24, 2.45) is 0 Å². The Bertz CT molecular complexity index is 852. The molecule has 0 amide bonds. The number of nitrogens with one attached hydrogen (secondary N) is 1. The predicted octanol–water partition coefficient (Wildman–Crippen LogP) is 1.52. The van der Waals surface area contributed by atoms with Crippen molar-refractivity contribution in [2.75, 3.05) is 45.6 Å². The van der Waals surface area contributed by atoms with Crippen LogP contribution in [0.2, 0.25) is 0 Å². The summed E-state index contributed by atoms with van der Waals surface area (Å²) in [5.41, 5.74) is 0. The molecule has 146 valence electrons. The molecule has 27 heavy (non-hydrogen) atoms. The highest BCUT2D eigenvalue weighted by Gasteiger charge is 2.30. The highest BCUT2D eigenvalue weighted by atomic mass is 32.2. The first-order chi connectivity index (χ1) is 13.0. The maximum Gasteiger partial charge on any atom is 0.243 e. The van der Waals surface area contributed by atoms with Gasteiger partial charge < -0.3 is 9.64 Å². The van der Waals surface area contributed by atoms with Crippen LogP contribution in [0.4, 0.5) is 4.39 Å². The minimum atomic E-state index is -3.47. The van der Waals surface area contributed by atoms with Gasteiger partial charge in [0.1, 0.15) is 11.6 Å². The number of nitrogens with zero attached hydrogens (tertiary/aromatic N) is 1. The third-order valence-electron chi connectivity index (χ3n) is 4.68. The van der Waals surface area contributed by atoms with Crippen molar-refractivity contribution in [1.82, 2.24) is 4.31 Å². The molecule has 0 spiro atoms. The van der Waals surface area contributed by atoms with Crippen LogP contribution in [-0.2, 0) is 10.0 Å². The van der Waals surface area contributed by atoms with Crippen molar-refractivity contribution in [1.29, 1.82) is 0 Å². The number of halogens is 1. The Morgan fingerprint density at radius 2 is 1.78 bits per heavy atom. The van der Waals surface area contributed by atoms with Gasteiger partial charge in [0.15, 0.2) is 0 Å². The molecule has 0 radical (unpaired) electrons. The highest BCUT2D eigenvalue weighted by Crippen LogP contribution is 2.21. The van der Waals surface area contributed by atoms with E-state index in [0.717, 1.165) is 25.4 Å². The van der Waals surface area contributed by atoms with Crippen molar-refractivity contribution in [2.45, 2.75) is 9.79 Å². The molecule has 3 rings (SSSR count). The van der Waals surface area contributed by atoms with Crippen LogP contribution in [0.3, 0.4) is 0 Å². The van der Waals surface area contributed by atoms with Gasteiger partial charge >= 0.3 is 0 Å². The monoisotopic (exact) mass is 411 g/mol. The first-order valence-corrected chi connectivity index (χ1v) is 11.3. The molecule has 1 heterocycles. The molecule has 0 aromatic heterocycles. The molecule has 0 bridgehead atoms. The first kappa shape index (κ1) is 20.1. The average Bonchev–Trinajstić information content (AvgIpc) is 2.70. The second kappa shape index (κ2) is 9.05. The molecule has 0 aliphatic carbocycles. The molecule has 0 atom stereocenters. The van der Waals surface area contributed by atoms with Crippen molar-refractivity contribution in [3.8, 4) is 5.75 Å². The number of ether oxygens (including phenoxy) is 1. The van der Waals surface area contributed by atoms with Gasteiger partial charge in [0, 0.05) is 10.6 Å². The van der Waals surface area contributed by atoms with Crippen LogP contribution < -0.4 is 9.64 Å². The van der Waals surface area contributed by atoms with Crippen LogP contribution in [0.5, 0.6) is 5.75 Å². The van der Waals surface area contributed by atoms with Gasteiger partial charge in [-0.25, -0.2) is 12.8 Å². The minimum absolute atomic E-state index is 0.187. The summed E-state index contributed by atoms with van der Waals surface area (Å²) < 4.78 is 45.8. The minimum Gasteiger partial charge on any atom is -0.497 e. The highest BCUT2D eigenvalue weighted by molar-refractivity contribution is 7.99. The van der Waals surface area contributed by atoms with Crippen LogP contribution >= 0.6 is 11.8 Å². The zero-order valence-electron chi connectivity index (χ0n) is 15.2. The molecule has 8 heteroatoms. The second-order valence-corrected chi connectivity index (χ2v) is 9.43. The normalized spacial score (nSPS) is 16.4. The van der Waals surface area contributed by atoms with Crippen LogP contribution in [-0.4, -0.2) is 58.3 Å². The third-order valence-corrected chi connectivity index (χ3v) is 7.64. The zero-order valence-corrected chi connectivity index (χ0v) is 16.9. The smallest absolute Gasteiger partial charge is 0.243 e. The number of rotatable bonds is 7. The molecule has 1 N–H and O–H groups in total. The van der Waals surface area contributed by atoms with E-state index in [0.29, 0.717) is 28.6 Å². The van der Waals surface area contributed by atoms with Gasteiger partial charge in [-0.3, -0.25) is 0 Å². The van der Waals surface area contributed by atoms with Gasteiger partial charge in [-0.1, -0.05) is 12.1 Å². The Labute approximate surface area is 164 Å². The Hall–Kier alpha value is -1.61. The van der Waals surface area contributed by atoms with Gasteiger partial charge in [0.05, 0.1) is 44.7 Å². The lowest BCUT2D eigenvalue weighted by Gasteiger charge is -2.31. The number of hydrogen-bond donors (Lipinski definition) is 1. The summed E-state index contributed by atoms with van der Waals surface area (Å²) in [5.74, 6) is 1.25. The number of sulfonamides is 1. The average molecular weight is 412 g/mol. The fourth-order valence-electron chi connectivity index (χ4n) is 3.06. The molecule has 1 aliphatic heterocycles. The Morgan fingerprint density at radius 1 is 1.11 bits per heavy atom. The molecular formula is C19H24FN2O3S2+. The molecule has 2 aromatic rings.